The normalized spacial score (nSPS) is 10.2. The molecule has 0 aliphatic carbocycles. The second kappa shape index (κ2) is 9.22. The van der Waals surface area contributed by atoms with Gasteiger partial charge in [0.15, 0.2) is 0 Å². The Morgan fingerprint density at radius 2 is 1.64 bits per heavy atom. The van der Waals surface area contributed by atoms with E-state index < -0.39 is 0 Å². The first-order valence-electron chi connectivity index (χ1n) is 8.17. The van der Waals surface area contributed by atoms with Crippen LogP contribution in [-0.2, 0) is 4.79 Å². The third-order valence-electron chi connectivity index (χ3n) is 3.40. The van der Waals surface area contributed by atoms with E-state index in [-0.39, 0.29) is 11.8 Å². The summed E-state index contributed by atoms with van der Waals surface area (Å²) >= 11 is 3.40. The Kier molecular flexibility index (Phi) is 7.01. The summed E-state index contributed by atoms with van der Waals surface area (Å²) in [5.74, 6) is 0.469. The molecule has 0 aliphatic rings. The highest BCUT2D eigenvalue weighted by Gasteiger charge is 2.10. The zero-order chi connectivity index (χ0) is 18.2. The molecule has 2 rings (SSSR count). The number of benzene rings is 2. The van der Waals surface area contributed by atoms with Gasteiger partial charge in [-0.05, 0) is 71.7 Å². The minimum atomic E-state index is -0.216. The van der Waals surface area contributed by atoms with Crippen LogP contribution in [0.3, 0.4) is 0 Å². The van der Waals surface area contributed by atoms with Gasteiger partial charge in [-0.3, -0.25) is 9.59 Å². The molecule has 5 nitrogen and oxygen atoms in total. The van der Waals surface area contributed by atoms with E-state index in [4.69, 9.17) is 4.74 Å². The van der Waals surface area contributed by atoms with E-state index in [1.165, 1.54) is 0 Å². The van der Waals surface area contributed by atoms with Gasteiger partial charge in [0, 0.05) is 23.4 Å². The van der Waals surface area contributed by atoms with Crippen molar-refractivity contribution >= 4 is 39.1 Å². The van der Waals surface area contributed by atoms with Gasteiger partial charge in [0.25, 0.3) is 5.91 Å². The summed E-state index contributed by atoms with van der Waals surface area (Å²) in [5.41, 5.74) is 1.89. The second-order valence-electron chi connectivity index (χ2n) is 5.41. The Morgan fingerprint density at radius 1 is 1.00 bits per heavy atom. The van der Waals surface area contributed by atoms with Crippen LogP contribution in [0.2, 0.25) is 0 Å². The van der Waals surface area contributed by atoms with Gasteiger partial charge in [-0.25, -0.2) is 0 Å². The first-order chi connectivity index (χ1) is 12.0. The second-order valence-corrected chi connectivity index (χ2v) is 6.26. The lowest BCUT2D eigenvalue weighted by Gasteiger charge is -2.10. The lowest BCUT2D eigenvalue weighted by Crippen LogP contribution is -2.13. The van der Waals surface area contributed by atoms with Gasteiger partial charge in [-0.15, -0.1) is 0 Å². The van der Waals surface area contributed by atoms with Gasteiger partial charge < -0.3 is 15.4 Å². The summed E-state index contributed by atoms with van der Waals surface area (Å²) in [6.07, 6.45) is 1.29. The zero-order valence-corrected chi connectivity index (χ0v) is 15.9. The molecule has 2 aromatic rings. The van der Waals surface area contributed by atoms with Crippen molar-refractivity contribution in [3.8, 4) is 5.75 Å². The fourth-order valence-electron chi connectivity index (χ4n) is 2.21. The van der Waals surface area contributed by atoms with E-state index in [0.717, 1.165) is 10.9 Å². The van der Waals surface area contributed by atoms with Crippen molar-refractivity contribution in [1.29, 1.82) is 0 Å². The molecule has 0 aromatic heterocycles. The number of halogens is 1. The summed E-state index contributed by atoms with van der Waals surface area (Å²) in [4.78, 5) is 23.9. The number of hydrogen-bond donors (Lipinski definition) is 2. The van der Waals surface area contributed by atoms with Crippen LogP contribution in [0.4, 0.5) is 11.4 Å². The van der Waals surface area contributed by atoms with Crippen molar-refractivity contribution < 1.29 is 14.3 Å². The molecule has 2 aromatic carbocycles. The number of anilines is 2. The Morgan fingerprint density at radius 3 is 2.20 bits per heavy atom. The van der Waals surface area contributed by atoms with Crippen molar-refractivity contribution in [2.75, 3.05) is 17.2 Å². The standard InChI is InChI=1S/C19H21BrN2O3/c1-3-5-18(23)21-14-7-9-15(10-8-14)22-19(24)13-6-11-17(25-4-2)16(20)12-13/h6-12H,3-5H2,1-2H3,(H,21,23)(H,22,24). The fraction of sp³-hybridized carbons (Fsp3) is 0.263. The number of rotatable bonds is 7. The van der Waals surface area contributed by atoms with Gasteiger partial charge in [0.2, 0.25) is 5.91 Å². The number of nitrogens with one attached hydrogen (secondary N) is 2. The highest BCUT2D eigenvalue weighted by molar-refractivity contribution is 9.10. The Balaban J connectivity index is 2.00. The van der Waals surface area contributed by atoms with Crippen LogP contribution < -0.4 is 15.4 Å². The van der Waals surface area contributed by atoms with E-state index in [1.54, 1.807) is 42.5 Å². The molecule has 0 unspecified atom stereocenters. The maximum atomic E-state index is 12.3. The van der Waals surface area contributed by atoms with Gasteiger partial charge in [0.05, 0.1) is 11.1 Å². The average Bonchev–Trinajstić information content (AvgIpc) is 2.58. The predicted octanol–water partition coefficient (Wildman–Crippen LogP) is 4.84. The molecule has 2 N–H and O–H groups in total. The quantitative estimate of drug-likeness (QED) is 0.693. The van der Waals surface area contributed by atoms with Crippen molar-refractivity contribution in [2.24, 2.45) is 0 Å². The highest BCUT2D eigenvalue weighted by atomic mass is 79.9. The van der Waals surface area contributed by atoms with Crippen LogP contribution in [-0.4, -0.2) is 18.4 Å². The maximum Gasteiger partial charge on any atom is 0.255 e. The number of ether oxygens (including phenoxy) is 1. The first kappa shape index (κ1) is 19.0. The molecular formula is C19H21BrN2O3. The summed E-state index contributed by atoms with van der Waals surface area (Å²) < 4.78 is 6.17. The van der Waals surface area contributed by atoms with Gasteiger partial charge in [0.1, 0.15) is 5.75 Å². The lowest BCUT2D eigenvalue weighted by molar-refractivity contribution is -0.116. The molecule has 2 amide bonds. The molecule has 0 aliphatic heterocycles. The highest BCUT2D eigenvalue weighted by Crippen LogP contribution is 2.26. The molecule has 0 bridgehead atoms. The molecule has 0 saturated carbocycles. The first-order valence-corrected chi connectivity index (χ1v) is 8.96. The molecule has 6 heteroatoms. The van der Waals surface area contributed by atoms with E-state index >= 15 is 0 Å². The van der Waals surface area contributed by atoms with E-state index in [9.17, 15) is 9.59 Å². The molecule has 0 heterocycles. The van der Waals surface area contributed by atoms with E-state index in [1.807, 2.05) is 13.8 Å². The van der Waals surface area contributed by atoms with Crippen molar-refractivity contribution in [1.82, 2.24) is 0 Å². The Hall–Kier alpha value is -2.34. The largest absolute Gasteiger partial charge is 0.493 e. The minimum Gasteiger partial charge on any atom is -0.493 e. The van der Waals surface area contributed by atoms with Gasteiger partial charge in [-0.1, -0.05) is 6.92 Å². The van der Waals surface area contributed by atoms with Gasteiger partial charge in [-0.2, -0.15) is 0 Å². The summed E-state index contributed by atoms with van der Waals surface area (Å²) in [7, 11) is 0. The minimum absolute atomic E-state index is 0.0153. The van der Waals surface area contributed by atoms with Crippen molar-refractivity contribution in [3.63, 3.8) is 0 Å². The number of carbonyl (C=O) groups excluding carboxylic acids is 2. The number of amides is 2. The van der Waals surface area contributed by atoms with E-state index in [2.05, 4.69) is 26.6 Å². The fourth-order valence-corrected chi connectivity index (χ4v) is 2.70. The smallest absolute Gasteiger partial charge is 0.255 e. The van der Waals surface area contributed by atoms with Gasteiger partial charge >= 0.3 is 0 Å². The van der Waals surface area contributed by atoms with Crippen LogP contribution in [0.5, 0.6) is 5.75 Å². The van der Waals surface area contributed by atoms with Crippen LogP contribution >= 0.6 is 15.9 Å². The van der Waals surface area contributed by atoms with Crippen LogP contribution in [0.15, 0.2) is 46.9 Å². The van der Waals surface area contributed by atoms with Crippen molar-refractivity contribution in [3.05, 3.63) is 52.5 Å². The zero-order valence-electron chi connectivity index (χ0n) is 14.3. The summed E-state index contributed by atoms with van der Waals surface area (Å²) in [6.45, 7) is 4.42. The topological polar surface area (TPSA) is 67.4 Å². The summed E-state index contributed by atoms with van der Waals surface area (Å²) in [5, 5.41) is 5.64. The van der Waals surface area contributed by atoms with Crippen molar-refractivity contribution in [2.45, 2.75) is 26.7 Å². The van der Waals surface area contributed by atoms with Crippen LogP contribution in [0, 0.1) is 0 Å². The average molecular weight is 405 g/mol. The molecule has 132 valence electrons. The Labute approximate surface area is 155 Å². The molecule has 25 heavy (non-hydrogen) atoms. The molecule has 0 saturated heterocycles. The summed E-state index contributed by atoms with van der Waals surface area (Å²) in [6, 6.07) is 12.2. The van der Waals surface area contributed by atoms with E-state index in [0.29, 0.717) is 35.7 Å². The van der Waals surface area contributed by atoms with Crippen LogP contribution in [0.1, 0.15) is 37.0 Å². The molecule has 0 fully saturated rings. The molecular weight excluding hydrogens is 384 g/mol. The maximum absolute atomic E-state index is 12.3. The predicted molar refractivity (Wildman–Crippen MR) is 103 cm³/mol. The molecule has 0 radical (unpaired) electrons. The lowest BCUT2D eigenvalue weighted by atomic mass is 10.2. The number of carbonyl (C=O) groups is 2. The Bertz CT molecular complexity index is 745. The van der Waals surface area contributed by atoms with Crippen LogP contribution in [0.25, 0.3) is 0 Å². The third-order valence-corrected chi connectivity index (χ3v) is 4.02. The monoisotopic (exact) mass is 404 g/mol. The molecule has 0 spiro atoms. The number of hydrogen-bond acceptors (Lipinski definition) is 3. The molecule has 0 atom stereocenters. The SMILES string of the molecule is CCCC(=O)Nc1ccc(NC(=O)c2ccc(OCC)c(Br)c2)cc1. The third kappa shape index (κ3) is 5.60.